The zero-order valence-corrected chi connectivity index (χ0v) is 20.2. The SMILES string of the molecule is Cc1onc(-c2ccc(Br)cc2)c1C(=O)c1c[nH]c(C(=O)N2CCN(C3CCCC3)CC2)c1. The van der Waals surface area contributed by atoms with Crippen LogP contribution in [0, 0.1) is 6.92 Å². The van der Waals surface area contributed by atoms with E-state index >= 15 is 0 Å². The first-order valence-corrected chi connectivity index (χ1v) is 12.3. The summed E-state index contributed by atoms with van der Waals surface area (Å²) in [6, 6.07) is 9.89. The minimum absolute atomic E-state index is 0.0599. The van der Waals surface area contributed by atoms with Crippen molar-refractivity contribution in [2.75, 3.05) is 26.2 Å². The number of hydrogen-bond acceptors (Lipinski definition) is 5. The monoisotopic (exact) mass is 510 g/mol. The molecular formula is C25H27BrN4O3. The van der Waals surface area contributed by atoms with Gasteiger partial charge >= 0.3 is 0 Å². The third kappa shape index (κ3) is 4.42. The van der Waals surface area contributed by atoms with Crippen LogP contribution in [0.3, 0.4) is 0 Å². The number of carbonyl (C=O) groups is 2. The molecule has 1 N–H and O–H groups in total. The number of aromatic amines is 1. The zero-order chi connectivity index (χ0) is 22.9. The van der Waals surface area contributed by atoms with Crippen LogP contribution >= 0.6 is 15.9 Å². The normalized spacial score (nSPS) is 17.6. The minimum atomic E-state index is -0.215. The average molecular weight is 511 g/mol. The molecule has 0 atom stereocenters. The number of ketones is 1. The quantitative estimate of drug-likeness (QED) is 0.504. The number of rotatable bonds is 5. The second kappa shape index (κ2) is 9.27. The third-order valence-electron chi connectivity index (χ3n) is 6.83. The number of halogens is 1. The molecule has 5 rings (SSSR count). The van der Waals surface area contributed by atoms with E-state index in [1.807, 2.05) is 29.2 Å². The highest BCUT2D eigenvalue weighted by atomic mass is 79.9. The van der Waals surface area contributed by atoms with E-state index in [-0.39, 0.29) is 11.7 Å². The van der Waals surface area contributed by atoms with Gasteiger partial charge in [0, 0.05) is 54.0 Å². The summed E-state index contributed by atoms with van der Waals surface area (Å²) in [6.07, 6.45) is 6.79. The predicted octanol–water partition coefficient (Wildman–Crippen LogP) is 4.67. The lowest BCUT2D eigenvalue weighted by Crippen LogP contribution is -2.51. The van der Waals surface area contributed by atoms with Crippen molar-refractivity contribution in [3.05, 3.63) is 63.6 Å². The molecule has 0 spiro atoms. The van der Waals surface area contributed by atoms with Gasteiger partial charge < -0.3 is 14.4 Å². The molecule has 1 saturated heterocycles. The van der Waals surface area contributed by atoms with Gasteiger partial charge in [-0.3, -0.25) is 14.5 Å². The summed E-state index contributed by atoms with van der Waals surface area (Å²) < 4.78 is 6.29. The van der Waals surface area contributed by atoms with Crippen molar-refractivity contribution in [2.24, 2.45) is 0 Å². The van der Waals surface area contributed by atoms with Gasteiger partial charge in [0.1, 0.15) is 17.1 Å². The van der Waals surface area contributed by atoms with Crippen molar-refractivity contribution in [1.82, 2.24) is 19.9 Å². The molecule has 3 aromatic rings. The number of carbonyl (C=O) groups excluding carboxylic acids is 2. The summed E-state index contributed by atoms with van der Waals surface area (Å²) in [5, 5.41) is 4.12. The second-order valence-corrected chi connectivity index (χ2v) is 9.78. The van der Waals surface area contributed by atoms with E-state index in [1.54, 1.807) is 19.2 Å². The molecule has 1 amide bonds. The Bertz CT molecular complexity index is 1150. The highest BCUT2D eigenvalue weighted by molar-refractivity contribution is 9.10. The summed E-state index contributed by atoms with van der Waals surface area (Å²) in [6.45, 7) is 5.00. The first-order chi connectivity index (χ1) is 16.0. The Balaban J connectivity index is 1.30. The number of nitrogens with one attached hydrogen (secondary N) is 1. The lowest BCUT2D eigenvalue weighted by Gasteiger charge is -2.37. The molecule has 7 nitrogen and oxygen atoms in total. The van der Waals surface area contributed by atoms with Crippen LogP contribution in [0.4, 0.5) is 0 Å². The van der Waals surface area contributed by atoms with Gasteiger partial charge in [-0.1, -0.05) is 46.1 Å². The number of aromatic nitrogens is 2. The lowest BCUT2D eigenvalue weighted by atomic mass is 9.99. The van der Waals surface area contributed by atoms with Crippen molar-refractivity contribution in [1.29, 1.82) is 0 Å². The maximum absolute atomic E-state index is 13.3. The molecule has 2 aliphatic rings. The summed E-state index contributed by atoms with van der Waals surface area (Å²) in [5.74, 6) is 0.179. The van der Waals surface area contributed by atoms with Crippen LogP contribution < -0.4 is 0 Å². The van der Waals surface area contributed by atoms with Crippen molar-refractivity contribution in [3.8, 4) is 11.3 Å². The smallest absolute Gasteiger partial charge is 0.270 e. The molecule has 0 bridgehead atoms. The van der Waals surface area contributed by atoms with Crippen LogP contribution in [0.15, 0.2) is 45.5 Å². The van der Waals surface area contributed by atoms with E-state index in [0.29, 0.717) is 34.3 Å². The van der Waals surface area contributed by atoms with Crippen LogP contribution in [-0.4, -0.2) is 63.9 Å². The fourth-order valence-electron chi connectivity index (χ4n) is 4.97. The van der Waals surface area contributed by atoms with Crippen LogP contribution in [0.1, 0.15) is 57.9 Å². The van der Waals surface area contributed by atoms with Crippen LogP contribution in [0.5, 0.6) is 0 Å². The first kappa shape index (κ1) is 22.1. The van der Waals surface area contributed by atoms with Gasteiger partial charge in [0.25, 0.3) is 5.91 Å². The van der Waals surface area contributed by atoms with Crippen molar-refractivity contribution in [3.63, 3.8) is 0 Å². The Labute approximate surface area is 201 Å². The van der Waals surface area contributed by atoms with Crippen LogP contribution in [0.25, 0.3) is 11.3 Å². The summed E-state index contributed by atoms with van der Waals surface area (Å²) in [5.41, 5.74) is 2.58. The standard InChI is InChI=1S/C25H27BrN4O3/c1-16-22(23(28-33-16)17-6-8-19(26)9-7-17)24(31)18-14-21(27-15-18)25(32)30-12-10-29(11-13-30)20-4-2-3-5-20/h6-9,14-15,20,27H,2-5,10-13H2,1H3. The summed E-state index contributed by atoms with van der Waals surface area (Å²) in [4.78, 5) is 33.8. The van der Waals surface area contributed by atoms with Crippen molar-refractivity contribution < 1.29 is 14.1 Å². The molecule has 1 aromatic carbocycles. The zero-order valence-electron chi connectivity index (χ0n) is 18.6. The Morgan fingerprint density at radius 3 is 2.48 bits per heavy atom. The van der Waals surface area contributed by atoms with E-state index in [4.69, 9.17) is 4.52 Å². The number of benzene rings is 1. The number of aryl methyl sites for hydroxylation is 1. The number of nitrogens with zero attached hydrogens (tertiary/aromatic N) is 3. The Morgan fingerprint density at radius 1 is 1.09 bits per heavy atom. The fourth-order valence-corrected chi connectivity index (χ4v) is 5.23. The Morgan fingerprint density at radius 2 is 1.79 bits per heavy atom. The fraction of sp³-hybridized carbons (Fsp3) is 0.400. The van der Waals surface area contributed by atoms with Gasteiger partial charge in [0.15, 0.2) is 5.78 Å². The van der Waals surface area contributed by atoms with E-state index in [1.165, 1.54) is 25.7 Å². The van der Waals surface area contributed by atoms with Gasteiger partial charge in [-0.25, -0.2) is 0 Å². The Kier molecular flexibility index (Phi) is 6.21. The van der Waals surface area contributed by atoms with E-state index in [2.05, 4.69) is 31.0 Å². The molecular weight excluding hydrogens is 484 g/mol. The highest BCUT2D eigenvalue weighted by Gasteiger charge is 2.29. The largest absolute Gasteiger partial charge is 0.360 e. The van der Waals surface area contributed by atoms with Crippen LogP contribution in [-0.2, 0) is 0 Å². The van der Waals surface area contributed by atoms with Crippen molar-refractivity contribution in [2.45, 2.75) is 38.6 Å². The molecule has 0 radical (unpaired) electrons. The summed E-state index contributed by atoms with van der Waals surface area (Å²) >= 11 is 3.42. The topological polar surface area (TPSA) is 82.4 Å². The molecule has 2 fully saturated rings. The molecule has 1 saturated carbocycles. The molecule has 1 aliphatic heterocycles. The average Bonchev–Trinajstić information content (AvgIpc) is 3.60. The van der Waals surface area contributed by atoms with Crippen molar-refractivity contribution >= 4 is 27.6 Å². The number of amides is 1. The third-order valence-corrected chi connectivity index (χ3v) is 7.35. The van der Waals surface area contributed by atoms with Gasteiger partial charge in [0.2, 0.25) is 0 Å². The van der Waals surface area contributed by atoms with E-state index < -0.39 is 0 Å². The molecule has 0 unspecified atom stereocenters. The molecule has 8 heteroatoms. The number of H-pyrrole nitrogens is 1. The van der Waals surface area contributed by atoms with Gasteiger partial charge in [-0.2, -0.15) is 0 Å². The van der Waals surface area contributed by atoms with Crippen LogP contribution in [0.2, 0.25) is 0 Å². The lowest BCUT2D eigenvalue weighted by molar-refractivity contribution is 0.0568. The second-order valence-electron chi connectivity index (χ2n) is 8.87. The molecule has 3 heterocycles. The highest BCUT2D eigenvalue weighted by Crippen LogP contribution is 2.29. The number of piperazine rings is 1. The summed E-state index contributed by atoms with van der Waals surface area (Å²) in [7, 11) is 0. The van der Waals surface area contributed by atoms with E-state index in [9.17, 15) is 9.59 Å². The van der Waals surface area contributed by atoms with Gasteiger partial charge in [-0.05, 0) is 38.0 Å². The molecule has 172 valence electrons. The predicted molar refractivity (Wildman–Crippen MR) is 128 cm³/mol. The van der Waals surface area contributed by atoms with E-state index in [0.717, 1.165) is 36.2 Å². The molecule has 2 aromatic heterocycles. The molecule has 33 heavy (non-hydrogen) atoms. The van der Waals surface area contributed by atoms with Gasteiger partial charge in [0.05, 0.1) is 5.56 Å². The Hall–Kier alpha value is -2.71. The first-order valence-electron chi connectivity index (χ1n) is 11.5. The number of hydrogen-bond donors (Lipinski definition) is 1. The minimum Gasteiger partial charge on any atom is -0.360 e. The van der Waals surface area contributed by atoms with Gasteiger partial charge in [-0.15, -0.1) is 0 Å². The maximum atomic E-state index is 13.3. The maximum Gasteiger partial charge on any atom is 0.270 e. The molecule has 1 aliphatic carbocycles.